The van der Waals surface area contributed by atoms with E-state index in [-0.39, 0.29) is 11.9 Å². The topological polar surface area (TPSA) is 48.5 Å². The van der Waals surface area contributed by atoms with Crippen molar-refractivity contribution in [1.82, 2.24) is 14.8 Å². The van der Waals surface area contributed by atoms with E-state index in [1.54, 1.807) is 6.20 Å². The Hall–Kier alpha value is -2.40. The summed E-state index contributed by atoms with van der Waals surface area (Å²) in [5.74, 6) is 1.96. The Labute approximate surface area is 187 Å². The van der Waals surface area contributed by atoms with Gasteiger partial charge < -0.3 is 10.2 Å². The van der Waals surface area contributed by atoms with Crippen molar-refractivity contribution >= 4 is 11.7 Å². The Kier molecular flexibility index (Phi) is 8.47. The number of nitrogens with zero attached hydrogens (tertiary/aromatic N) is 3. The lowest BCUT2D eigenvalue weighted by Gasteiger charge is -2.42. The molecule has 1 N–H and O–H groups in total. The molecule has 3 rings (SSSR count). The van der Waals surface area contributed by atoms with Crippen molar-refractivity contribution in [1.29, 1.82) is 0 Å². The van der Waals surface area contributed by atoms with Gasteiger partial charge in [-0.15, -0.1) is 0 Å². The summed E-state index contributed by atoms with van der Waals surface area (Å²) >= 11 is 0. The fourth-order valence-corrected chi connectivity index (χ4v) is 4.27. The summed E-state index contributed by atoms with van der Waals surface area (Å²) in [7, 11) is 0. The van der Waals surface area contributed by atoms with Crippen LogP contribution >= 0.6 is 0 Å². The van der Waals surface area contributed by atoms with E-state index in [2.05, 4.69) is 78.1 Å². The summed E-state index contributed by atoms with van der Waals surface area (Å²) in [4.78, 5) is 22.7. The molecular weight excluding hydrogens is 384 g/mol. The summed E-state index contributed by atoms with van der Waals surface area (Å²) in [6, 6.07) is 14.6. The molecule has 0 unspecified atom stereocenters. The summed E-state index contributed by atoms with van der Waals surface area (Å²) in [6.07, 6.45) is 3.82. The summed E-state index contributed by atoms with van der Waals surface area (Å²) < 4.78 is 0. The number of rotatable bonds is 9. The molecule has 0 spiro atoms. The lowest BCUT2D eigenvalue weighted by atomic mass is 9.98. The van der Waals surface area contributed by atoms with Crippen molar-refractivity contribution in [2.45, 2.75) is 53.1 Å². The Morgan fingerprint density at radius 2 is 1.84 bits per heavy atom. The number of carbonyl (C=O) groups excluding carboxylic acids is 1. The molecule has 0 bridgehead atoms. The molecule has 1 aliphatic rings. The average molecular weight is 423 g/mol. The molecule has 2 heterocycles. The van der Waals surface area contributed by atoms with Gasteiger partial charge in [0.1, 0.15) is 5.82 Å². The number of hydrogen-bond donors (Lipinski definition) is 1. The second kappa shape index (κ2) is 11.3. The molecule has 1 aromatic carbocycles. The van der Waals surface area contributed by atoms with Crippen LogP contribution in [-0.2, 0) is 6.54 Å². The average Bonchev–Trinajstić information content (AvgIpc) is 2.74. The van der Waals surface area contributed by atoms with Gasteiger partial charge in [0.2, 0.25) is 0 Å². The van der Waals surface area contributed by atoms with Crippen molar-refractivity contribution in [2.24, 2.45) is 11.8 Å². The van der Waals surface area contributed by atoms with Crippen LogP contribution in [0.3, 0.4) is 0 Å². The summed E-state index contributed by atoms with van der Waals surface area (Å²) in [6.45, 7) is 13.2. The Bertz CT molecular complexity index is 821. The van der Waals surface area contributed by atoms with Gasteiger partial charge in [0.25, 0.3) is 5.91 Å². The van der Waals surface area contributed by atoms with Crippen molar-refractivity contribution in [2.75, 3.05) is 31.5 Å². The number of hydrogen-bond acceptors (Lipinski definition) is 4. The van der Waals surface area contributed by atoms with E-state index in [0.717, 1.165) is 45.6 Å². The molecule has 5 nitrogen and oxygen atoms in total. The lowest BCUT2D eigenvalue weighted by molar-refractivity contribution is 0.0393. The third kappa shape index (κ3) is 6.79. The number of piperazine rings is 1. The zero-order valence-corrected chi connectivity index (χ0v) is 19.6. The van der Waals surface area contributed by atoms with Crippen LogP contribution in [0, 0.1) is 11.8 Å². The highest BCUT2D eigenvalue weighted by atomic mass is 16.2. The van der Waals surface area contributed by atoms with Crippen LogP contribution in [0.2, 0.25) is 0 Å². The van der Waals surface area contributed by atoms with Crippen molar-refractivity contribution in [3.63, 3.8) is 0 Å². The fourth-order valence-electron chi connectivity index (χ4n) is 4.27. The van der Waals surface area contributed by atoms with E-state index < -0.39 is 0 Å². The SMILES string of the molecule is CC(C)CCNc1ncccc1C(=O)N1CCN(Cc2ccccc2)C[C@H]1CC(C)C. The number of pyridine rings is 1. The van der Waals surface area contributed by atoms with Gasteiger partial charge in [0.15, 0.2) is 0 Å². The molecule has 1 saturated heterocycles. The minimum Gasteiger partial charge on any atom is -0.369 e. The minimum atomic E-state index is 0.102. The fraction of sp³-hybridized carbons (Fsp3) is 0.538. The van der Waals surface area contributed by atoms with Crippen LogP contribution < -0.4 is 5.32 Å². The predicted octanol–water partition coefficient (Wildman–Crippen LogP) is 4.91. The molecule has 31 heavy (non-hydrogen) atoms. The summed E-state index contributed by atoms with van der Waals surface area (Å²) in [5, 5.41) is 3.39. The zero-order valence-electron chi connectivity index (χ0n) is 19.6. The molecule has 0 aliphatic carbocycles. The molecule has 5 heteroatoms. The number of anilines is 1. The maximum Gasteiger partial charge on any atom is 0.257 e. The van der Waals surface area contributed by atoms with Crippen LogP contribution in [0.15, 0.2) is 48.7 Å². The van der Waals surface area contributed by atoms with Gasteiger partial charge in [0.05, 0.1) is 5.56 Å². The van der Waals surface area contributed by atoms with Gasteiger partial charge in [-0.05, 0) is 42.4 Å². The molecule has 1 aliphatic heterocycles. The minimum absolute atomic E-state index is 0.102. The van der Waals surface area contributed by atoms with Crippen LogP contribution in [-0.4, -0.2) is 52.9 Å². The second-order valence-corrected chi connectivity index (χ2v) is 9.51. The lowest BCUT2D eigenvalue weighted by Crippen LogP contribution is -2.55. The van der Waals surface area contributed by atoms with E-state index in [1.807, 2.05) is 12.1 Å². The van der Waals surface area contributed by atoms with E-state index in [9.17, 15) is 4.79 Å². The number of nitrogens with one attached hydrogen (secondary N) is 1. The van der Waals surface area contributed by atoms with Crippen LogP contribution in [0.1, 0.15) is 56.5 Å². The van der Waals surface area contributed by atoms with Gasteiger partial charge in [-0.3, -0.25) is 9.69 Å². The predicted molar refractivity (Wildman–Crippen MR) is 128 cm³/mol. The smallest absolute Gasteiger partial charge is 0.257 e. The molecule has 2 aromatic rings. The number of amides is 1. The normalized spacial score (nSPS) is 17.4. The van der Waals surface area contributed by atoms with Gasteiger partial charge in [-0.1, -0.05) is 58.0 Å². The third-order valence-electron chi connectivity index (χ3n) is 5.87. The Morgan fingerprint density at radius 3 is 2.55 bits per heavy atom. The van der Waals surface area contributed by atoms with E-state index in [1.165, 1.54) is 5.56 Å². The largest absolute Gasteiger partial charge is 0.369 e. The van der Waals surface area contributed by atoms with Gasteiger partial charge in [-0.25, -0.2) is 4.98 Å². The van der Waals surface area contributed by atoms with E-state index >= 15 is 0 Å². The van der Waals surface area contributed by atoms with E-state index in [4.69, 9.17) is 0 Å². The van der Waals surface area contributed by atoms with Gasteiger partial charge >= 0.3 is 0 Å². The first kappa shape index (κ1) is 23.3. The number of carbonyl (C=O) groups is 1. The number of aromatic nitrogens is 1. The number of benzene rings is 1. The maximum absolute atomic E-state index is 13.6. The van der Waals surface area contributed by atoms with Crippen molar-refractivity contribution < 1.29 is 4.79 Å². The molecule has 1 fully saturated rings. The van der Waals surface area contributed by atoms with Gasteiger partial charge in [-0.2, -0.15) is 0 Å². The molecule has 0 radical (unpaired) electrons. The van der Waals surface area contributed by atoms with E-state index in [0.29, 0.717) is 23.2 Å². The molecular formula is C26H38N4O. The molecule has 0 saturated carbocycles. The first-order valence-electron chi connectivity index (χ1n) is 11.7. The third-order valence-corrected chi connectivity index (χ3v) is 5.87. The van der Waals surface area contributed by atoms with Crippen molar-refractivity contribution in [3.05, 3.63) is 59.8 Å². The quantitative estimate of drug-likeness (QED) is 0.624. The molecule has 1 amide bonds. The molecule has 1 atom stereocenters. The second-order valence-electron chi connectivity index (χ2n) is 9.51. The van der Waals surface area contributed by atoms with Crippen LogP contribution in [0.5, 0.6) is 0 Å². The first-order chi connectivity index (χ1) is 14.9. The Morgan fingerprint density at radius 1 is 1.06 bits per heavy atom. The Balaban J connectivity index is 1.72. The molecule has 168 valence electrons. The van der Waals surface area contributed by atoms with Crippen LogP contribution in [0.4, 0.5) is 5.82 Å². The first-order valence-corrected chi connectivity index (χ1v) is 11.7. The zero-order chi connectivity index (χ0) is 22.2. The highest BCUT2D eigenvalue weighted by Crippen LogP contribution is 2.23. The van der Waals surface area contributed by atoms with Gasteiger partial charge in [0, 0.05) is 45.0 Å². The maximum atomic E-state index is 13.6. The standard InChI is InChI=1S/C26H38N4O/c1-20(2)12-14-28-25-24(11-8-13-27-25)26(31)30-16-15-29(19-23(30)17-21(3)4)18-22-9-6-5-7-10-22/h5-11,13,20-21,23H,12,14-19H2,1-4H3,(H,27,28)/t23-/m1/s1. The highest BCUT2D eigenvalue weighted by molar-refractivity contribution is 5.99. The molecule has 1 aromatic heterocycles. The monoisotopic (exact) mass is 422 g/mol. The summed E-state index contributed by atoms with van der Waals surface area (Å²) in [5.41, 5.74) is 2.02. The van der Waals surface area contributed by atoms with Crippen LogP contribution in [0.25, 0.3) is 0 Å². The van der Waals surface area contributed by atoms with Crippen molar-refractivity contribution in [3.8, 4) is 0 Å². The highest BCUT2D eigenvalue weighted by Gasteiger charge is 2.32.